The maximum absolute atomic E-state index is 2.65. The van der Waals surface area contributed by atoms with Crippen LogP contribution in [0.1, 0.15) is 33.4 Å². The molecule has 0 aliphatic carbocycles. The summed E-state index contributed by atoms with van der Waals surface area (Å²) >= 11 is 0. The molecule has 0 amide bonds. The van der Waals surface area contributed by atoms with E-state index in [0.717, 1.165) is 11.4 Å². The summed E-state index contributed by atoms with van der Waals surface area (Å²) in [4.78, 5) is 5.02. The predicted octanol–water partition coefficient (Wildman–Crippen LogP) is 14.3. The first-order valence-electron chi connectivity index (χ1n) is 27.7. The minimum atomic E-state index is 0.0214. The van der Waals surface area contributed by atoms with E-state index in [1.807, 2.05) is 0 Å². The SMILES string of the molecule is Cc1cc(C)c(-c2ccc3c(c2)B2c4ccccc4N(c4ccccc4)c4ccc5c6cc7c8ccc9c%10c8n(c7cc6n-3c5c42)-c2ccc(-c3c(C)cc(C)cc3C)cc2B%10c2ccccc2N9c2ccccc2)c(C)c1. The zero-order valence-electron chi connectivity index (χ0n) is 44.6. The topological polar surface area (TPSA) is 16.3 Å². The number of rotatable bonds is 4. The molecule has 17 rings (SSSR count). The Kier molecular flexibility index (Phi) is 8.83. The third-order valence-corrected chi connectivity index (χ3v) is 18.2. The van der Waals surface area contributed by atoms with Crippen LogP contribution in [0.5, 0.6) is 0 Å². The van der Waals surface area contributed by atoms with Crippen molar-refractivity contribution < 1.29 is 0 Å². The molecule has 0 bridgehead atoms. The number of nitrogens with zero attached hydrogens (tertiary/aromatic N) is 4. The minimum absolute atomic E-state index is 0.0214. The van der Waals surface area contributed by atoms with Crippen LogP contribution in [0, 0.1) is 41.5 Å². The summed E-state index contributed by atoms with van der Waals surface area (Å²) in [6, 6.07) is 79.1. The number of anilines is 6. The molecule has 0 fully saturated rings. The van der Waals surface area contributed by atoms with Gasteiger partial charge in [0, 0.05) is 67.0 Å². The molecule has 0 unspecified atom stereocenters. The van der Waals surface area contributed by atoms with E-state index >= 15 is 0 Å². The lowest BCUT2D eigenvalue weighted by atomic mass is 9.33. The third-order valence-electron chi connectivity index (χ3n) is 18.2. The van der Waals surface area contributed by atoms with Gasteiger partial charge in [0.2, 0.25) is 0 Å². The number of hydrogen-bond acceptors (Lipinski definition) is 2. The Morgan fingerprint density at radius 1 is 0.295 bits per heavy atom. The summed E-state index contributed by atoms with van der Waals surface area (Å²) in [5.41, 5.74) is 35.9. The molecular formula is C72H52B2N4. The molecule has 366 valence electrons. The highest BCUT2D eigenvalue weighted by molar-refractivity contribution is 7.01. The van der Waals surface area contributed by atoms with Gasteiger partial charge in [0.15, 0.2) is 0 Å². The highest BCUT2D eigenvalue weighted by atomic mass is 15.2. The highest BCUT2D eigenvalue weighted by Gasteiger charge is 2.45. The minimum Gasteiger partial charge on any atom is -0.311 e. The Bertz CT molecular complexity index is 4480. The molecule has 4 aliphatic heterocycles. The maximum Gasteiger partial charge on any atom is 0.252 e. The largest absolute Gasteiger partial charge is 0.311 e. The van der Waals surface area contributed by atoms with Crippen LogP contribution in [-0.4, -0.2) is 22.6 Å². The van der Waals surface area contributed by atoms with Crippen LogP contribution in [0.25, 0.3) is 77.2 Å². The van der Waals surface area contributed by atoms with Gasteiger partial charge >= 0.3 is 0 Å². The fraction of sp³-hybridized carbons (Fsp3) is 0.0833. The Morgan fingerprint density at radius 3 is 1.10 bits per heavy atom. The smallest absolute Gasteiger partial charge is 0.252 e. The number of benzene rings is 11. The van der Waals surface area contributed by atoms with Crippen LogP contribution in [0.2, 0.25) is 0 Å². The number of hydrogen-bond donors (Lipinski definition) is 0. The fourth-order valence-corrected chi connectivity index (χ4v) is 15.5. The van der Waals surface area contributed by atoms with Gasteiger partial charge in [-0.3, -0.25) is 0 Å². The van der Waals surface area contributed by atoms with Crippen LogP contribution in [-0.2, 0) is 0 Å². The average Bonchev–Trinajstić information content (AvgIpc) is 2.63. The van der Waals surface area contributed by atoms with Crippen LogP contribution in [0.15, 0.2) is 206 Å². The Morgan fingerprint density at radius 2 is 0.679 bits per heavy atom. The quantitative estimate of drug-likeness (QED) is 0.163. The first-order chi connectivity index (χ1) is 38.2. The Balaban J connectivity index is 1.00. The molecule has 78 heavy (non-hydrogen) atoms. The molecule has 4 aliphatic rings. The molecule has 11 aromatic carbocycles. The highest BCUT2D eigenvalue weighted by Crippen LogP contribution is 2.48. The van der Waals surface area contributed by atoms with Crippen molar-refractivity contribution in [1.82, 2.24) is 9.13 Å². The maximum atomic E-state index is 2.65. The van der Waals surface area contributed by atoms with Gasteiger partial charge in [0.05, 0.1) is 22.1 Å². The zero-order valence-corrected chi connectivity index (χ0v) is 44.6. The monoisotopic (exact) mass is 994 g/mol. The fourth-order valence-electron chi connectivity index (χ4n) is 15.5. The van der Waals surface area contributed by atoms with Crippen molar-refractivity contribution in [2.24, 2.45) is 0 Å². The number of fused-ring (bicyclic) bond motifs is 16. The number of aryl methyl sites for hydroxylation is 6. The lowest BCUT2D eigenvalue weighted by Crippen LogP contribution is -2.60. The van der Waals surface area contributed by atoms with Crippen LogP contribution < -0.4 is 42.6 Å². The van der Waals surface area contributed by atoms with E-state index in [1.54, 1.807) is 0 Å². The van der Waals surface area contributed by atoms with Gasteiger partial charge in [-0.15, -0.1) is 0 Å². The lowest BCUT2D eigenvalue weighted by Gasteiger charge is -2.40. The van der Waals surface area contributed by atoms with Gasteiger partial charge < -0.3 is 18.9 Å². The van der Waals surface area contributed by atoms with E-state index in [4.69, 9.17) is 0 Å². The van der Waals surface area contributed by atoms with Gasteiger partial charge in [-0.1, -0.05) is 145 Å². The molecule has 0 spiro atoms. The van der Waals surface area contributed by atoms with Crippen molar-refractivity contribution in [1.29, 1.82) is 0 Å². The van der Waals surface area contributed by atoms with E-state index in [9.17, 15) is 0 Å². The van der Waals surface area contributed by atoms with E-state index in [1.165, 1.54) is 166 Å². The predicted molar refractivity (Wildman–Crippen MR) is 333 cm³/mol. The van der Waals surface area contributed by atoms with Crippen molar-refractivity contribution in [2.75, 3.05) is 9.80 Å². The van der Waals surface area contributed by atoms with E-state index < -0.39 is 0 Å². The summed E-state index contributed by atoms with van der Waals surface area (Å²) in [5, 5.41) is 5.12. The van der Waals surface area contributed by atoms with Gasteiger partial charge in [-0.05, 0) is 192 Å². The number of para-hydroxylation sites is 4. The summed E-state index contributed by atoms with van der Waals surface area (Å²) in [5.74, 6) is 0. The van der Waals surface area contributed by atoms with Gasteiger partial charge in [0.1, 0.15) is 0 Å². The van der Waals surface area contributed by atoms with E-state index in [0.29, 0.717) is 0 Å². The molecule has 4 nitrogen and oxygen atoms in total. The Labute approximate surface area is 455 Å². The molecular weight excluding hydrogens is 942 g/mol. The lowest BCUT2D eigenvalue weighted by molar-refractivity contribution is 1.17. The van der Waals surface area contributed by atoms with Crippen molar-refractivity contribution in [3.8, 4) is 33.6 Å². The summed E-state index contributed by atoms with van der Waals surface area (Å²) in [7, 11) is 0. The molecule has 0 N–H and O–H groups in total. The molecule has 6 heterocycles. The average molecular weight is 995 g/mol. The van der Waals surface area contributed by atoms with Gasteiger partial charge in [-0.2, -0.15) is 0 Å². The van der Waals surface area contributed by atoms with Crippen LogP contribution in [0.3, 0.4) is 0 Å². The zero-order chi connectivity index (χ0) is 52.0. The van der Waals surface area contributed by atoms with Gasteiger partial charge in [-0.25, -0.2) is 0 Å². The van der Waals surface area contributed by atoms with E-state index in [-0.39, 0.29) is 13.4 Å². The van der Waals surface area contributed by atoms with Crippen molar-refractivity contribution >= 4 is 124 Å². The molecule has 2 aromatic heterocycles. The van der Waals surface area contributed by atoms with Crippen molar-refractivity contribution in [2.45, 2.75) is 41.5 Å². The Hall–Kier alpha value is -9.25. The number of aromatic nitrogens is 2. The molecule has 13 aromatic rings. The first kappa shape index (κ1) is 43.9. The summed E-state index contributed by atoms with van der Waals surface area (Å²) in [6.45, 7) is 13.6. The van der Waals surface area contributed by atoms with Crippen LogP contribution >= 0.6 is 0 Å². The molecule has 0 radical (unpaired) electrons. The second kappa shape index (κ2) is 15.7. The van der Waals surface area contributed by atoms with E-state index in [2.05, 4.69) is 267 Å². The standard InChI is InChI=1S/C72H52B2N4/c1-41-33-43(3)67(44(4)34-41)47-25-29-61-57(37-47)73-55-21-13-15-23-59(55)75(49-17-9-7-10-18-49)63-31-27-51-53-39-54-52-28-32-64-70-72(52)78(66(54)40-65(53)77(61)71(51)69(63)73)62-30-26-48(68-45(5)35-42(2)36-46(68)6)38-58(62)74(70)56-22-14-16-24-60(56)76(64)50-19-11-8-12-20-50/h7-40H,1-6H3. The molecule has 6 heteroatoms. The third kappa shape index (κ3) is 5.71. The second-order valence-corrected chi connectivity index (χ2v) is 22.8. The first-order valence-corrected chi connectivity index (χ1v) is 27.7. The van der Waals surface area contributed by atoms with Crippen LogP contribution in [0.4, 0.5) is 34.1 Å². The summed E-state index contributed by atoms with van der Waals surface area (Å²) < 4.78 is 5.30. The molecule has 0 saturated heterocycles. The van der Waals surface area contributed by atoms with Crippen molar-refractivity contribution in [3.05, 3.63) is 240 Å². The molecule has 0 atom stereocenters. The van der Waals surface area contributed by atoms with Gasteiger partial charge in [0.25, 0.3) is 13.4 Å². The summed E-state index contributed by atoms with van der Waals surface area (Å²) in [6.07, 6.45) is 0. The molecule has 0 saturated carbocycles. The second-order valence-electron chi connectivity index (χ2n) is 22.8. The normalized spacial score (nSPS) is 13.4. The van der Waals surface area contributed by atoms with Crippen molar-refractivity contribution in [3.63, 3.8) is 0 Å².